The van der Waals surface area contributed by atoms with Gasteiger partial charge in [-0.1, -0.05) is 0 Å². The number of rotatable bonds is 6. The number of nitrogens with two attached hydrogens (primary N) is 1. The molecule has 2 heterocycles. The fourth-order valence-electron chi connectivity index (χ4n) is 3.09. The van der Waals surface area contributed by atoms with Gasteiger partial charge in [0.15, 0.2) is 0 Å². The van der Waals surface area contributed by atoms with Crippen molar-refractivity contribution in [1.82, 2.24) is 14.7 Å². The Labute approximate surface area is 133 Å². The molecule has 1 fully saturated rings. The summed E-state index contributed by atoms with van der Waals surface area (Å²) in [5.41, 5.74) is 7.54. The van der Waals surface area contributed by atoms with E-state index in [9.17, 15) is 0 Å². The molecule has 120 valence electrons. The Bertz CT molecular complexity index is 435. The molecule has 0 amide bonds. The Morgan fingerprint density at radius 1 is 1.24 bits per heavy atom. The second-order valence-corrected chi connectivity index (χ2v) is 7.76. The SMILES string of the molecule is Cc1cc(C(CN)N2CCN(CCN(C)C)CC2)c(C)s1. The van der Waals surface area contributed by atoms with Crippen LogP contribution in [0.4, 0.5) is 0 Å². The molecule has 1 aliphatic rings. The van der Waals surface area contributed by atoms with E-state index in [0.717, 1.165) is 32.7 Å². The Kier molecular flexibility index (Phi) is 6.20. The summed E-state index contributed by atoms with van der Waals surface area (Å²) in [6.45, 7) is 12.0. The molecule has 4 nitrogen and oxygen atoms in total. The predicted octanol–water partition coefficient (Wildman–Crippen LogP) is 1.54. The van der Waals surface area contributed by atoms with Gasteiger partial charge >= 0.3 is 0 Å². The van der Waals surface area contributed by atoms with Gasteiger partial charge in [0.25, 0.3) is 0 Å². The molecule has 0 radical (unpaired) electrons. The number of nitrogens with zero attached hydrogens (tertiary/aromatic N) is 3. The van der Waals surface area contributed by atoms with E-state index >= 15 is 0 Å². The van der Waals surface area contributed by atoms with Crippen molar-refractivity contribution in [3.8, 4) is 0 Å². The first kappa shape index (κ1) is 16.9. The highest BCUT2D eigenvalue weighted by atomic mass is 32.1. The van der Waals surface area contributed by atoms with Crippen LogP contribution in [-0.2, 0) is 0 Å². The fraction of sp³-hybridized carbons (Fsp3) is 0.750. The highest BCUT2D eigenvalue weighted by molar-refractivity contribution is 7.12. The van der Waals surface area contributed by atoms with Crippen molar-refractivity contribution in [1.29, 1.82) is 0 Å². The normalized spacial score (nSPS) is 19.3. The number of thiophene rings is 1. The van der Waals surface area contributed by atoms with E-state index in [1.807, 2.05) is 11.3 Å². The first-order valence-corrected chi connectivity index (χ1v) is 8.71. The highest BCUT2D eigenvalue weighted by Crippen LogP contribution is 2.30. The molecule has 0 bridgehead atoms. The van der Waals surface area contributed by atoms with E-state index in [4.69, 9.17) is 5.73 Å². The van der Waals surface area contributed by atoms with Crippen molar-refractivity contribution in [2.75, 3.05) is 59.9 Å². The van der Waals surface area contributed by atoms with Crippen LogP contribution in [0, 0.1) is 13.8 Å². The molecule has 0 aromatic carbocycles. The fourth-order valence-corrected chi connectivity index (χ4v) is 4.08. The monoisotopic (exact) mass is 310 g/mol. The minimum atomic E-state index is 0.394. The lowest BCUT2D eigenvalue weighted by atomic mass is 10.0. The summed E-state index contributed by atoms with van der Waals surface area (Å²) in [6, 6.07) is 2.72. The molecular formula is C16H30N4S. The number of hydrogen-bond donors (Lipinski definition) is 1. The molecule has 21 heavy (non-hydrogen) atoms. The Balaban J connectivity index is 1.92. The van der Waals surface area contributed by atoms with Crippen LogP contribution in [0.3, 0.4) is 0 Å². The van der Waals surface area contributed by atoms with Gasteiger partial charge in [0.2, 0.25) is 0 Å². The smallest absolute Gasteiger partial charge is 0.0482 e. The average Bonchev–Trinajstić information content (AvgIpc) is 2.78. The summed E-state index contributed by atoms with van der Waals surface area (Å²) in [6.07, 6.45) is 0. The van der Waals surface area contributed by atoms with Gasteiger partial charge in [0.1, 0.15) is 0 Å². The summed E-state index contributed by atoms with van der Waals surface area (Å²) in [4.78, 5) is 10.2. The number of hydrogen-bond acceptors (Lipinski definition) is 5. The predicted molar refractivity (Wildman–Crippen MR) is 92.2 cm³/mol. The maximum Gasteiger partial charge on any atom is 0.0482 e. The zero-order valence-corrected chi connectivity index (χ0v) is 14.7. The van der Waals surface area contributed by atoms with E-state index < -0.39 is 0 Å². The van der Waals surface area contributed by atoms with Crippen LogP contribution in [0.25, 0.3) is 0 Å². The highest BCUT2D eigenvalue weighted by Gasteiger charge is 2.25. The van der Waals surface area contributed by atoms with E-state index in [1.54, 1.807) is 0 Å². The number of aryl methyl sites for hydroxylation is 2. The van der Waals surface area contributed by atoms with Gasteiger partial charge in [0, 0.05) is 61.6 Å². The van der Waals surface area contributed by atoms with E-state index in [2.05, 4.69) is 48.7 Å². The molecule has 0 saturated carbocycles. The minimum Gasteiger partial charge on any atom is -0.329 e. The summed E-state index contributed by atoms with van der Waals surface area (Å²) in [5, 5.41) is 0. The van der Waals surface area contributed by atoms with Gasteiger partial charge in [-0.05, 0) is 39.6 Å². The van der Waals surface area contributed by atoms with Gasteiger partial charge in [0.05, 0.1) is 0 Å². The van der Waals surface area contributed by atoms with Crippen molar-refractivity contribution in [2.45, 2.75) is 19.9 Å². The maximum atomic E-state index is 6.09. The van der Waals surface area contributed by atoms with Crippen LogP contribution in [0.2, 0.25) is 0 Å². The average molecular weight is 311 g/mol. The first-order valence-electron chi connectivity index (χ1n) is 7.89. The first-order chi connectivity index (χ1) is 10.0. The molecule has 1 aliphatic heterocycles. The van der Waals surface area contributed by atoms with Gasteiger partial charge in [-0.2, -0.15) is 0 Å². The van der Waals surface area contributed by atoms with Crippen LogP contribution in [0.5, 0.6) is 0 Å². The molecule has 2 N–H and O–H groups in total. The topological polar surface area (TPSA) is 35.7 Å². The summed E-state index contributed by atoms with van der Waals surface area (Å²) >= 11 is 1.89. The zero-order chi connectivity index (χ0) is 15.4. The Morgan fingerprint density at radius 3 is 2.38 bits per heavy atom. The van der Waals surface area contributed by atoms with Gasteiger partial charge in [-0.3, -0.25) is 9.80 Å². The van der Waals surface area contributed by atoms with Crippen molar-refractivity contribution in [3.05, 3.63) is 21.4 Å². The summed E-state index contributed by atoms with van der Waals surface area (Å²) in [7, 11) is 4.28. The second kappa shape index (κ2) is 7.70. The molecule has 1 aromatic heterocycles. The lowest BCUT2D eigenvalue weighted by Crippen LogP contribution is -2.50. The molecule has 1 atom stereocenters. The van der Waals surface area contributed by atoms with Crippen molar-refractivity contribution >= 4 is 11.3 Å². The second-order valence-electron chi connectivity index (χ2n) is 6.30. The maximum absolute atomic E-state index is 6.09. The quantitative estimate of drug-likeness (QED) is 0.865. The molecule has 1 saturated heterocycles. The van der Waals surface area contributed by atoms with Crippen molar-refractivity contribution in [3.63, 3.8) is 0 Å². The molecule has 2 rings (SSSR count). The number of piperazine rings is 1. The number of likely N-dealkylation sites (N-methyl/N-ethyl adjacent to an activating group) is 1. The molecule has 1 aromatic rings. The molecule has 0 aliphatic carbocycles. The molecular weight excluding hydrogens is 280 g/mol. The van der Waals surface area contributed by atoms with Gasteiger partial charge in [-0.25, -0.2) is 0 Å². The van der Waals surface area contributed by atoms with E-state index in [0.29, 0.717) is 12.6 Å². The molecule has 1 unspecified atom stereocenters. The third kappa shape index (κ3) is 4.50. The van der Waals surface area contributed by atoms with Crippen LogP contribution in [-0.4, -0.2) is 74.6 Å². The third-order valence-corrected chi connectivity index (χ3v) is 5.35. The minimum absolute atomic E-state index is 0.394. The Hall–Kier alpha value is -0.460. The van der Waals surface area contributed by atoms with Crippen LogP contribution >= 0.6 is 11.3 Å². The van der Waals surface area contributed by atoms with Crippen molar-refractivity contribution < 1.29 is 0 Å². The van der Waals surface area contributed by atoms with E-state index in [1.165, 1.54) is 21.9 Å². The van der Waals surface area contributed by atoms with E-state index in [-0.39, 0.29) is 0 Å². The van der Waals surface area contributed by atoms with Crippen LogP contribution in [0.1, 0.15) is 21.4 Å². The van der Waals surface area contributed by atoms with Crippen molar-refractivity contribution in [2.24, 2.45) is 5.73 Å². The Morgan fingerprint density at radius 2 is 1.90 bits per heavy atom. The summed E-state index contributed by atoms with van der Waals surface area (Å²) in [5.74, 6) is 0. The largest absolute Gasteiger partial charge is 0.329 e. The molecule has 5 heteroatoms. The third-order valence-electron chi connectivity index (χ3n) is 4.37. The summed E-state index contributed by atoms with van der Waals surface area (Å²) < 4.78 is 0. The lowest BCUT2D eigenvalue weighted by Gasteiger charge is -2.39. The van der Waals surface area contributed by atoms with Gasteiger partial charge < -0.3 is 10.6 Å². The lowest BCUT2D eigenvalue weighted by molar-refractivity contribution is 0.0939. The molecule has 0 spiro atoms. The van der Waals surface area contributed by atoms with Crippen LogP contribution < -0.4 is 5.73 Å². The van der Waals surface area contributed by atoms with Gasteiger partial charge in [-0.15, -0.1) is 11.3 Å². The zero-order valence-electron chi connectivity index (χ0n) is 13.9. The van der Waals surface area contributed by atoms with Crippen LogP contribution in [0.15, 0.2) is 6.07 Å². The standard InChI is InChI=1S/C16H30N4S/c1-13-11-15(14(2)21-13)16(12-17)20-9-7-19(8-10-20)6-5-18(3)4/h11,16H,5-10,12,17H2,1-4H3.